The lowest BCUT2D eigenvalue weighted by molar-refractivity contribution is -0.121. The molecule has 0 saturated carbocycles. The maximum absolute atomic E-state index is 12.9. The molecular weight excluding hydrogens is 468 g/mol. The Morgan fingerprint density at radius 2 is 1.60 bits per heavy atom. The van der Waals surface area contributed by atoms with E-state index in [1.807, 2.05) is 13.8 Å². The highest BCUT2D eigenvalue weighted by Crippen LogP contribution is 2.12. The molecule has 35 heavy (non-hydrogen) atoms. The summed E-state index contributed by atoms with van der Waals surface area (Å²) in [5.74, 6) is -0.529. The van der Waals surface area contributed by atoms with Crippen LogP contribution < -0.4 is 21.3 Å². The number of nitrogens with two attached hydrogens (primary N) is 1. The van der Waals surface area contributed by atoms with E-state index in [1.165, 1.54) is 10.6 Å². The molecule has 0 aliphatic carbocycles. The lowest BCUT2D eigenvalue weighted by Gasteiger charge is -2.14. The quantitative estimate of drug-likeness (QED) is 0.430. The molecule has 11 heteroatoms. The smallest absolute Gasteiger partial charge is 0.275 e. The first-order chi connectivity index (χ1) is 16.6. The number of aryl methyl sites for hydroxylation is 3. The summed E-state index contributed by atoms with van der Waals surface area (Å²) in [5, 5.41) is 2.75. The molecular formula is C24H32N6O4S. The van der Waals surface area contributed by atoms with Crippen LogP contribution in [0.25, 0.3) is 0 Å². The Morgan fingerprint density at radius 3 is 2.20 bits per heavy atom. The molecule has 2 aromatic heterocycles. The Kier molecular flexibility index (Phi) is 9.52. The summed E-state index contributed by atoms with van der Waals surface area (Å²) in [4.78, 5) is 33.6. The second-order valence-corrected chi connectivity index (χ2v) is 9.36. The molecule has 2 heterocycles. The SMILES string of the molecule is CC.Cc1nc(N)nc(C)c1CNC(=O)Cn1c(C)ccc(NS(=O)(=O)Cc2ccccc2)c1=O. The van der Waals surface area contributed by atoms with Crippen LogP contribution in [0.15, 0.2) is 47.3 Å². The minimum Gasteiger partial charge on any atom is -0.368 e. The average molecular weight is 501 g/mol. The molecule has 0 atom stereocenters. The normalized spacial score (nSPS) is 10.8. The van der Waals surface area contributed by atoms with Gasteiger partial charge in [-0.15, -0.1) is 0 Å². The van der Waals surface area contributed by atoms with E-state index in [4.69, 9.17) is 5.73 Å². The van der Waals surface area contributed by atoms with Crippen molar-refractivity contribution in [3.8, 4) is 0 Å². The lowest BCUT2D eigenvalue weighted by Crippen LogP contribution is -2.35. The van der Waals surface area contributed by atoms with Gasteiger partial charge in [0.15, 0.2) is 0 Å². The van der Waals surface area contributed by atoms with Crippen LogP contribution in [0.2, 0.25) is 0 Å². The number of aromatic nitrogens is 3. The zero-order chi connectivity index (χ0) is 26.2. The number of pyridine rings is 1. The standard InChI is InChI=1S/C22H26N6O4S.C2H6/c1-14-9-10-19(27-33(31,32)13-17-7-5-4-6-8-17)21(30)28(14)12-20(29)24-11-18-15(2)25-22(23)26-16(18)3;1-2/h4-10,27H,11-13H2,1-3H3,(H,24,29)(H2,23,25,26);1-2H3. The number of nitrogen functional groups attached to an aromatic ring is 1. The summed E-state index contributed by atoms with van der Waals surface area (Å²) in [5.41, 5.74) is 8.06. The largest absolute Gasteiger partial charge is 0.368 e. The van der Waals surface area contributed by atoms with E-state index in [0.29, 0.717) is 22.6 Å². The number of hydrogen-bond donors (Lipinski definition) is 3. The molecule has 4 N–H and O–H groups in total. The van der Waals surface area contributed by atoms with Crippen LogP contribution in [0.1, 0.15) is 42.1 Å². The number of amides is 1. The Balaban J connectivity index is 0.00000210. The van der Waals surface area contributed by atoms with Crippen molar-refractivity contribution in [3.05, 3.63) is 81.0 Å². The van der Waals surface area contributed by atoms with Crippen LogP contribution in [0.5, 0.6) is 0 Å². The number of nitrogens with one attached hydrogen (secondary N) is 2. The topological polar surface area (TPSA) is 149 Å². The maximum Gasteiger partial charge on any atom is 0.275 e. The van der Waals surface area contributed by atoms with Crippen LogP contribution in [-0.4, -0.2) is 28.9 Å². The van der Waals surface area contributed by atoms with E-state index in [0.717, 1.165) is 5.56 Å². The van der Waals surface area contributed by atoms with E-state index in [1.54, 1.807) is 57.2 Å². The van der Waals surface area contributed by atoms with Gasteiger partial charge in [-0.05, 0) is 38.5 Å². The number of hydrogen-bond acceptors (Lipinski definition) is 7. The average Bonchev–Trinajstić information content (AvgIpc) is 2.79. The van der Waals surface area contributed by atoms with Crippen molar-refractivity contribution < 1.29 is 13.2 Å². The van der Waals surface area contributed by atoms with Gasteiger partial charge in [0.2, 0.25) is 21.9 Å². The predicted octanol–water partition coefficient (Wildman–Crippen LogP) is 2.43. The first-order valence-electron chi connectivity index (χ1n) is 11.2. The van der Waals surface area contributed by atoms with Gasteiger partial charge in [-0.1, -0.05) is 44.2 Å². The summed E-state index contributed by atoms with van der Waals surface area (Å²) in [6.45, 7) is 9.11. The number of carbonyl (C=O) groups excluding carboxylic acids is 1. The van der Waals surface area contributed by atoms with Gasteiger partial charge in [0, 0.05) is 29.2 Å². The summed E-state index contributed by atoms with van der Waals surface area (Å²) in [6, 6.07) is 11.6. The first-order valence-corrected chi connectivity index (χ1v) is 12.8. The zero-order valence-electron chi connectivity index (χ0n) is 20.6. The van der Waals surface area contributed by atoms with Gasteiger partial charge in [-0.25, -0.2) is 18.4 Å². The number of carbonyl (C=O) groups is 1. The van der Waals surface area contributed by atoms with Crippen LogP contribution in [0.3, 0.4) is 0 Å². The van der Waals surface area contributed by atoms with E-state index in [9.17, 15) is 18.0 Å². The fraction of sp³-hybridized carbons (Fsp3) is 0.333. The monoisotopic (exact) mass is 500 g/mol. The van der Waals surface area contributed by atoms with Gasteiger partial charge in [-0.2, -0.15) is 0 Å². The van der Waals surface area contributed by atoms with Crippen molar-refractivity contribution in [2.24, 2.45) is 0 Å². The third kappa shape index (κ3) is 7.64. The van der Waals surface area contributed by atoms with Crippen molar-refractivity contribution in [2.75, 3.05) is 10.5 Å². The van der Waals surface area contributed by atoms with Crippen LogP contribution in [0.4, 0.5) is 11.6 Å². The molecule has 0 aliphatic heterocycles. The highest BCUT2D eigenvalue weighted by atomic mass is 32.2. The molecule has 1 aromatic carbocycles. The molecule has 0 fully saturated rings. The van der Waals surface area contributed by atoms with Crippen molar-refractivity contribution in [1.29, 1.82) is 0 Å². The summed E-state index contributed by atoms with van der Waals surface area (Å²) < 4.78 is 28.6. The van der Waals surface area contributed by atoms with Gasteiger partial charge in [0.1, 0.15) is 12.2 Å². The van der Waals surface area contributed by atoms with Gasteiger partial charge >= 0.3 is 0 Å². The third-order valence-electron chi connectivity index (χ3n) is 5.06. The van der Waals surface area contributed by atoms with Gasteiger partial charge < -0.3 is 15.6 Å². The molecule has 10 nitrogen and oxygen atoms in total. The zero-order valence-corrected chi connectivity index (χ0v) is 21.4. The maximum atomic E-state index is 12.9. The lowest BCUT2D eigenvalue weighted by atomic mass is 10.1. The van der Waals surface area contributed by atoms with Crippen molar-refractivity contribution in [2.45, 2.75) is 53.5 Å². The highest BCUT2D eigenvalue weighted by molar-refractivity contribution is 7.91. The molecule has 0 aliphatic rings. The Bertz CT molecular complexity index is 1310. The third-order valence-corrected chi connectivity index (χ3v) is 6.30. The molecule has 0 unspecified atom stereocenters. The van der Waals surface area contributed by atoms with Crippen molar-refractivity contribution >= 4 is 27.6 Å². The van der Waals surface area contributed by atoms with Crippen LogP contribution in [-0.2, 0) is 33.7 Å². The number of nitrogens with zero attached hydrogens (tertiary/aromatic N) is 3. The number of anilines is 2. The second-order valence-electron chi connectivity index (χ2n) is 7.63. The fourth-order valence-electron chi connectivity index (χ4n) is 3.35. The van der Waals surface area contributed by atoms with Crippen LogP contribution >= 0.6 is 0 Å². The van der Waals surface area contributed by atoms with Crippen molar-refractivity contribution in [3.63, 3.8) is 0 Å². The Labute approximate surface area is 205 Å². The van der Waals surface area contributed by atoms with Crippen molar-refractivity contribution in [1.82, 2.24) is 19.9 Å². The summed E-state index contributed by atoms with van der Waals surface area (Å²) in [7, 11) is -3.82. The number of rotatable bonds is 8. The van der Waals surface area contributed by atoms with E-state index in [2.05, 4.69) is 20.0 Å². The molecule has 0 bridgehead atoms. The molecule has 3 aromatic rings. The van der Waals surface area contributed by atoms with Gasteiger partial charge in [0.25, 0.3) is 5.56 Å². The summed E-state index contributed by atoms with van der Waals surface area (Å²) >= 11 is 0. The molecule has 188 valence electrons. The molecule has 0 saturated heterocycles. The van der Waals surface area contributed by atoms with E-state index < -0.39 is 21.5 Å². The minimum absolute atomic E-state index is 0.122. The molecule has 0 radical (unpaired) electrons. The first kappa shape index (κ1) is 27.5. The minimum atomic E-state index is -3.82. The van der Waals surface area contributed by atoms with E-state index >= 15 is 0 Å². The number of benzene rings is 1. The molecule has 3 rings (SSSR count). The van der Waals surface area contributed by atoms with E-state index in [-0.39, 0.29) is 30.5 Å². The Morgan fingerprint density at radius 1 is 1.00 bits per heavy atom. The summed E-state index contributed by atoms with van der Waals surface area (Å²) in [6.07, 6.45) is 0. The molecule has 1 amide bonds. The predicted molar refractivity (Wildman–Crippen MR) is 137 cm³/mol. The van der Waals surface area contributed by atoms with Crippen LogP contribution in [0, 0.1) is 20.8 Å². The fourth-order valence-corrected chi connectivity index (χ4v) is 4.54. The number of sulfonamides is 1. The molecule has 0 spiro atoms. The van der Waals surface area contributed by atoms with Gasteiger partial charge in [-0.3, -0.25) is 14.3 Å². The second kappa shape index (κ2) is 12.1. The van der Waals surface area contributed by atoms with Gasteiger partial charge in [0.05, 0.1) is 5.75 Å². The Hall–Kier alpha value is -3.73. The highest BCUT2D eigenvalue weighted by Gasteiger charge is 2.17.